The smallest absolute Gasteiger partial charge is 0.153 e. The maximum atomic E-state index is 11.5. The molecule has 0 bridgehead atoms. The van der Waals surface area contributed by atoms with E-state index in [0.29, 0.717) is 18.4 Å². The van der Waals surface area contributed by atoms with Gasteiger partial charge >= 0.3 is 0 Å². The van der Waals surface area contributed by atoms with Crippen molar-refractivity contribution < 1.29 is 13.5 Å². The van der Waals surface area contributed by atoms with Crippen LogP contribution in [0.3, 0.4) is 0 Å². The molecule has 4 heteroatoms. The van der Waals surface area contributed by atoms with Gasteiger partial charge < -0.3 is 5.11 Å². The fourth-order valence-electron chi connectivity index (χ4n) is 2.07. The fourth-order valence-corrected chi connectivity index (χ4v) is 3.84. The van der Waals surface area contributed by atoms with Crippen LogP contribution in [0.4, 0.5) is 0 Å². The minimum atomic E-state index is -3.09. The molecule has 82 valence electrons. The first-order valence-electron chi connectivity index (χ1n) is 5.00. The molecular weight excluding hydrogens is 212 g/mol. The van der Waals surface area contributed by atoms with Crippen molar-refractivity contribution in [3.8, 4) is 0 Å². The maximum Gasteiger partial charge on any atom is 0.153 e. The van der Waals surface area contributed by atoms with Crippen molar-refractivity contribution in [2.45, 2.75) is 18.4 Å². The van der Waals surface area contributed by atoms with E-state index < -0.39 is 15.4 Å². The first-order valence-corrected chi connectivity index (χ1v) is 6.82. The van der Waals surface area contributed by atoms with Gasteiger partial charge in [-0.15, -0.1) is 0 Å². The maximum absolute atomic E-state index is 11.5. The standard InChI is InChI=1S/C11H14O3S/c12-11(10-5-2-1-3-6-10)7-4-8-15(13,14)9-11/h1-3,5-6,12H,4,7-9H2/t11-/m0/s1. The molecule has 1 aliphatic rings. The Morgan fingerprint density at radius 3 is 2.47 bits per heavy atom. The summed E-state index contributed by atoms with van der Waals surface area (Å²) in [5.74, 6) is 0.0478. The normalized spacial score (nSPS) is 29.9. The van der Waals surface area contributed by atoms with Crippen molar-refractivity contribution in [3.63, 3.8) is 0 Å². The Morgan fingerprint density at radius 1 is 1.20 bits per heavy atom. The second kappa shape index (κ2) is 3.61. The molecule has 0 amide bonds. The highest BCUT2D eigenvalue weighted by Crippen LogP contribution is 2.32. The lowest BCUT2D eigenvalue weighted by Crippen LogP contribution is -2.39. The number of rotatable bonds is 1. The van der Waals surface area contributed by atoms with Crippen molar-refractivity contribution in [1.82, 2.24) is 0 Å². The van der Waals surface area contributed by atoms with E-state index in [0.717, 1.165) is 0 Å². The van der Waals surface area contributed by atoms with E-state index in [2.05, 4.69) is 0 Å². The molecule has 1 N–H and O–H groups in total. The summed E-state index contributed by atoms with van der Waals surface area (Å²) in [5.41, 5.74) is -0.480. The third kappa shape index (κ3) is 2.21. The lowest BCUT2D eigenvalue weighted by molar-refractivity contribution is 0.0467. The number of aliphatic hydroxyl groups is 1. The van der Waals surface area contributed by atoms with Crippen LogP contribution in [-0.2, 0) is 15.4 Å². The van der Waals surface area contributed by atoms with Crippen molar-refractivity contribution >= 4 is 9.84 Å². The predicted molar refractivity (Wildman–Crippen MR) is 58.2 cm³/mol. The molecule has 3 nitrogen and oxygen atoms in total. The topological polar surface area (TPSA) is 54.4 Å². The van der Waals surface area contributed by atoms with E-state index in [1.807, 2.05) is 18.2 Å². The highest BCUT2D eigenvalue weighted by Gasteiger charge is 2.38. The van der Waals surface area contributed by atoms with E-state index in [-0.39, 0.29) is 11.5 Å². The van der Waals surface area contributed by atoms with Crippen LogP contribution in [0.5, 0.6) is 0 Å². The van der Waals surface area contributed by atoms with Crippen molar-refractivity contribution in [2.24, 2.45) is 0 Å². The quantitative estimate of drug-likeness (QED) is 0.779. The molecule has 1 atom stereocenters. The van der Waals surface area contributed by atoms with Gasteiger partial charge in [0.05, 0.1) is 11.5 Å². The molecule has 1 saturated heterocycles. The summed E-state index contributed by atoms with van der Waals surface area (Å²) < 4.78 is 23.0. The number of benzene rings is 1. The summed E-state index contributed by atoms with van der Waals surface area (Å²) in [4.78, 5) is 0. The van der Waals surface area contributed by atoms with Crippen LogP contribution in [0.2, 0.25) is 0 Å². The number of hydrogen-bond acceptors (Lipinski definition) is 3. The minimum absolute atomic E-state index is 0.149. The molecule has 1 aromatic rings. The SMILES string of the molecule is O=S1(=O)CCC[C@@](O)(c2ccccc2)C1. The molecule has 15 heavy (non-hydrogen) atoms. The van der Waals surface area contributed by atoms with Gasteiger partial charge in [-0.3, -0.25) is 0 Å². The molecule has 0 unspecified atom stereocenters. The monoisotopic (exact) mass is 226 g/mol. The zero-order chi connectivity index (χ0) is 10.9. The van der Waals surface area contributed by atoms with Gasteiger partial charge in [-0.1, -0.05) is 30.3 Å². The Kier molecular flexibility index (Phi) is 2.56. The molecule has 2 rings (SSSR count). The van der Waals surface area contributed by atoms with E-state index in [9.17, 15) is 13.5 Å². The number of hydrogen-bond donors (Lipinski definition) is 1. The van der Waals surface area contributed by atoms with Crippen LogP contribution in [0.1, 0.15) is 18.4 Å². The summed E-state index contributed by atoms with van der Waals surface area (Å²) >= 11 is 0. The molecule has 1 aromatic carbocycles. The molecule has 1 aliphatic heterocycles. The highest BCUT2D eigenvalue weighted by atomic mass is 32.2. The van der Waals surface area contributed by atoms with Crippen molar-refractivity contribution in [3.05, 3.63) is 35.9 Å². The third-order valence-electron chi connectivity index (χ3n) is 2.82. The Bertz CT molecular complexity index is 438. The van der Waals surface area contributed by atoms with Gasteiger partial charge in [0, 0.05) is 0 Å². The molecule has 0 spiro atoms. The average molecular weight is 226 g/mol. The zero-order valence-electron chi connectivity index (χ0n) is 8.39. The van der Waals surface area contributed by atoms with Crippen molar-refractivity contribution in [2.75, 3.05) is 11.5 Å². The second-order valence-corrected chi connectivity index (χ2v) is 6.28. The van der Waals surface area contributed by atoms with Crippen LogP contribution in [0, 0.1) is 0 Å². The largest absolute Gasteiger partial charge is 0.384 e. The first-order chi connectivity index (χ1) is 7.02. The summed E-state index contributed by atoms with van der Waals surface area (Å²) in [7, 11) is -3.09. The lowest BCUT2D eigenvalue weighted by atomic mass is 9.91. The first kappa shape index (κ1) is 10.6. The van der Waals surface area contributed by atoms with Gasteiger partial charge in [0.1, 0.15) is 5.60 Å². The van der Waals surface area contributed by atoms with E-state index in [1.165, 1.54) is 0 Å². The van der Waals surface area contributed by atoms with Gasteiger partial charge in [-0.05, 0) is 18.4 Å². The Morgan fingerprint density at radius 2 is 1.87 bits per heavy atom. The predicted octanol–water partition coefficient (Wildman–Crippen LogP) is 1.08. The van der Waals surface area contributed by atoms with Gasteiger partial charge in [0.25, 0.3) is 0 Å². The Hall–Kier alpha value is -0.870. The zero-order valence-corrected chi connectivity index (χ0v) is 9.20. The van der Waals surface area contributed by atoms with Gasteiger partial charge in [0.15, 0.2) is 9.84 Å². The van der Waals surface area contributed by atoms with Gasteiger partial charge in [-0.25, -0.2) is 8.42 Å². The van der Waals surface area contributed by atoms with Crippen LogP contribution in [0.15, 0.2) is 30.3 Å². The molecule has 0 saturated carbocycles. The molecule has 0 aromatic heterocycles. The van der Waals surface area contributed by atoms with E-state index >= 15 is 0 Å². The summed E-state index contributed by atoms with van der Waals surface area (Å²) in [6, 6.07) is 9.04. The number of sulfone groups is 1. The molecule has 1 heterocycles. The molecule has 0 aliphatic carbocycles. The molecule has 0 radical (unpaired) electrons. The van der Waals surface area contributed by atoms with Gasteiger partial charge in [0.2, 0.25) is 0 Å². The second-order valence-electron chi connectivity index (χ2n) is 4.09. The van der Waals surface area contributed by atoms with Crippen LogP contribution < -0.4 is 0 Å². The summed E-state index contributed by atoms with van der Waals surface area (Å²) in [6.07, 6.45) is 1.06. The highest BCUT2D eigenvalue weighted by molar-refractivity contribution is 7.91. The molecule has 1 fully saturated rings. The fraction of sp³-hybridized carbons (Fsp3) is 0.455. The van der Waals surface area contributed by atoms with Crippen LogP contribution in [0.25, 0.3) is 0 Å². The molecular formula is C11H14O3S. The Balaban J connectivity index is 2.35. The van der Waals surface area contributed by atoms with Gasteiger partial charge in [-0.2, -0.15) is 0 Å². The van der Waals surface area contributed by atoms with Crippen LogP contribution in [-0.4, -0.2) is 25.0 Å². The Labute approximate surface area is 89.7 Å². The minimum Gasteiger partial charge on any atom is -0.384 e. The average Bonchev–Trinajstić information content (AvgIpc) is 2.17. The van der Waals surface area contributed by atoms with E-state index in [1.54, 1.807) is 12.1 Å². The lowest BCUT2D eigenvalue weighted by Gasteiger charge is -2.32. The summed E-state index contributed by atoms with van der Waals surface area (Å²) in [5, 5.41) is 10.3. The third-order valence-corrected chi connectivity index (χ3v) is 4.64. The van der Waals surface area contributed by atoms with E-state index in [4.69, 9.17) is 0 Å². The summed E-state index contributed by atoms with van der Waals surface area (Å²) in [6.45, 7) is 0. The van der Waals surface area contributed by atoms with Crippen molar-refractivity contribution in [1.29, 1.82) is 0 Å². The van der Waals surface area contributed by atoms with Crippen LogP contribution >= 0.6 is 0 Å².